The van der Waals surface area contributed by atoms with E-state index in [-0.39, 0.29) is 0 Å². The van der Waals surface area contributed by atoms with E-state index in [2.05, 4.69) is 35.3 Å². The molecule has 0 saturated heterocycles. The molecule has 0 aliphatic heterocycles. The smallest absolute Gasteiger partial charge is 0.164 e. The van der Waals surface area contributed by atoms with Crippen LogP contribution in [0.4, 0.5) is 0 Å². The summed E-state index contributed by atoms with van der Waals surface area (Å²) < 4.78 is 2.02. The highest BCUT2D eigenvalue weighted by atomic mass is 15.2. The Morgan fingerprint density at radius 3 is 3.00 bits per heavy atom. The molecule has 0 aliphatic rings. The summed E-state index contributed by atoms with van der Waals surface area (Å²) in [6, 6.07) is 10.4. The zero-order valence-electron chi connectivity index (χ0n) is 7.81. The van der Waals surface area contributed by atoms with Gasteiger partial charge < -0.3 is 0 Å². The lowest BCUT2D eigenvalue weighted by molar-refractivity contribution is 1.11. The number of aryl methyl sites for hydroxylation is 1. The van der Waals surface area contributed by atoms with Gasteiger partial charge in [-0.3, -0.25) is 4.40 Å². The predicted molar refractivity (Wildman–Crippen MR) is 55.2 cm³/mol. The summed E-state index contributed by atoms with van der Waals surface area (Å²) in [4.78, 5) is 0. The summed E-state index contributed by atoms with van der Waals surface area (Å²) in [5.74, 6) is 0. The molecule has 2 heterocycles. The van der Waals surface area contributed by atoms with E-state index in [1.165, 1.54) is 5.39 Å². The van der Waals surface area contributed by atoms with Crippen LogP contribution in [0.3, 0.4) is 0 Å². The molecule has 0 aliphatic carbocycles. The van der Waals surface area contributed by atoms with E-state index in [1.54, 1.807) is 6.33 Å². The van der Waals surface area contributed by atoms with Crippen LogP contribution in [0.1, 0.15) is 5.56 Å². The van der Waals surface area contributed by atoms with Crippen molar-refractivity contribution < 1.29 is 0 Å². The molecule has 0 N–H and O–H groups in total. The van der Waals surface area contributed by atoms with Crippen LogP contribution in [-0.2, 0) is 0 Å². The van der Waals surface area contributed by atoms with Crippen LogP contribution in [0, 0.1) is 6.92 Å². The SMILES string of the molecule is Cc1cc2ccccc2n2cnnc12. The third kappa shape index (κ3) is 0.865. The summed E-state index contributed by atoms with van der Waals surface area (Å²) >= 11 is 0. The van der Waals surface area contributed by atoms with Gasteiger partial charge in [-0.1, -0.05) is 18.2 Å². The van der Waals surface area contributed by atoms with Crippen LogP contribution < -0.4 is 0 Å². The van der Waals surface area contributed by atoms with Crippen molar-refractivity contribution in [1.82, 2.24) is 14.6 Å². The van der Waals surface area contributed by atoms with Gasteiger partial charge in [0.15, 0.2) is 5.65 Å². The zero-order chi connectivity index (χ0) is 9.54. The second kappa shape index (κ2) is 2.54. The third-order valence-electron chi connectivity index (χ3n) is 2.47. The molecule has 0 bridgehead atoms. The number of nitrogens with zero attached hydrogens (tertiary/aromatic N) is 3. The van der Waals surface area contributed by atoms with E-state index < -0.39 is 0 Å². The fourth-order valence-electron chi connectivity index (χ4n) is 1.81. The number of para-hydroxylation sites is 1. The van der Waals surface area contributed by atoms with E-state index >= 15 is 0 Å². The van der Waals surface area contributed by atoms with Crippen molar-refractivity contribution in [2.24, 2.45) is 0 Å². The van der Waals surface area contributed by atoms with Gasteiger partial charge in [0.1, 0.15) is 6.33 Å². The van der Waals surface area contributed by atoms with Gasteiger partial charge in [0.05, 0.1) is 5.52 Å². The lowest BCUT2D eigenvalue weighted by atomic mass is 10.1. The number of benzene rings is 1. The second-order valence-corrected chi connectivity index (χ2v) is 3.41. The molecule has 3 rings (SSSR count). The van der Waals surface area contributed by atoms with Crippen molar-refractivity contribution in [3.63, 3.8) is 0 Å². The first-order valence-electron chi connectivity index (χ1n) is 4.54. The Hall–Kier alpha value is -1.90. The number of rotatable bonds is 0. The molecule has 3 heteroatoms. The van der Waals surface area contributed by atoms with Crippen LogP contribution in [-0.4, -0.2) is 14.6 Å². The Kier molecular flexibility index (Phi) is 1.36. The minimum atomic E-state index is 0.934. The van der Waals surface area contributed by atoms with E-state index in [0.29, 0.717) is 0 Å². The molecule has 3 aromatic rings. The average Bonchev–Trinajstić information content (AvgIpc) is 2.67. The summed E-state index contributed by atoms with van der Waals surface area (Å²) in [5.41, 5.74) is 3.24. The van der Waals surface area contributed by atoms with Gasteiger partial charge in [-0.25, -0.2) is 0 Å². The third-order valence-corrected chi connectivity index (χ3v) is 2.47. The van der Waals surface area contributed by atoms with Crippen LogP contribution in [0.25, 0.3) is 16.6 Å². The van der Waals surface area contributed by atoms with Crippen molar-refractivity contribution in [2.45, 2.75) is 6.92 Å². The molecule has 0 fully saturated rings. The summed E-state index contributed by atoms with van der Waals surface area (Å²) in [6.45, 7) is 2.05. The molecule has 1 aromatic carbocycles. The van der Waals surface area contributed by atoms with Crippen molar-refractivity contribution in [2.75, 3.05) is 0 Å². The maximum Gasteiger partial charge on any atom is 0.164 e. The fourth-order valence-corrected chi connectivity index (χ4v) is 1.81. The molecular weight excluding hydrogens is 174 g/mol. The topological polar surface area (TPSA) is 30.2 Å². The molecule has 14 heavy (non-hydrogen) atoms. The zero-order valence-corrected chi connectivity index (χ0v) is 7.81. The highest BCUT2D eigenvalue weighted by Gasteiger charge is 2.03. The summed E-state index contributed by atoms with van der Waals surface area (Å²) in [6.07, 6.45) is 1.75. The molecule has 68 valence electrons. The minimum absolute atomic E-state index is 0.934. The standard InChI is InChI=1S/C11H9N3/c1-8-6-9-4-2-3-5-10(9)14-7-12-13-11(8)14/h2-7H,1H3. The Balaban J connectivity index is 2.66. The molecule has 0 amide bonds. The fraction of sp³-hybridized carbons (Fsp3) is 0.0909. The Morgan fingerprint density at radius 2 is 2.07 bits per heavy atom. The lowest BCUT2D eigenvalue weighted by Gasteiger charge is -2.02. The number of hydrogen-bond acceptors (Lipinski definition) is 2. The molecule has 0 unspecified atom stereocenters. The van der Waals surface area contributed by atoms with E-state index in [9.17, 15) is 0 Å². The quantitative estimate of drug-likeness (QED) is 0.534. The van der Waals surface area contributed by atoms with Crippen LogP contribution >= 0.6 is 0 Å². The van der Waals surface area contributed by atoms with Crippen LogP contribution in [0.2, 0.25) is 0 Å². The van der Waals surface area contributed by atoms with Gasteiger partial charge in [-0.15, -0.1) is 10.2 Å². The van der Waals surface area contributed by atoms with E-state index in [1.807, 2.05) is 16.5 Å². The normalized spacial score (nSPS) is 11.2. The molecule has 2 aromatic heterocycles. The number of fused-ring (bicyclic) bond motifs is 3. The summed E-state index contributed by atoms with van der Waals surface area (Å²) in [5, 5.41) is 9.23. The monoisotopic (exact) mass is 183 g/mol. The highest BCUT2D eigenvalue weighted by molar-refractivity contribution is 5.83. The van der Waals surface area contributed by atoms with Crippen molar-refractivity contribution in [3.8, 4) is 0 Å². The van der Waals surface area contributed by atoms with Crippen LogP contribution in [0.15, 0.2) is 36.7 Å². The first kappa shape index (κ1) is 7.50. The maximum absolute atomic E-state index is 4.08. The van der Waals surface area contributed by atoms with Crippen molar-refractivity contribution >= 4 is 16.6 Å². The van der Waals surface area contributed by atoms with Gasteiger partial charge in [-0.2, -0.15) is 0 Å². The number of hydrogen-bond donors (Lipinski definition) is 0. The molecule has 0 spiro atoms. The molecule has 3 nitrogen and oxygen atoms in total. The largest absolute Gasteiger partial charge is 0.281 e. The maximum atomic E-state index is 4.08. The highest BCUT2D eigenvalue weighted by Crippen LogP contribution is 2.18. The Bertz CT molecular complexity index is 610. The van der Waals surface area contributed by atoms with Crippen molar-refractivity contribution in [3.05, 3.63) is 42.2 Å². The van der Waals surface area contributed by atoms with Gasteiger partial charge in [0.2, 0.25) is 0 Å². The Morgan fingerprint density at radius 1 is 1.21 bits per heavy atom. The molecule has 0 radical (unpaired) electrons. The van der Waals surface area contributed by atoms with Gasteiger partial charge in [0, 0.05) is 0 Å². The van der Waals surface area contributed by atoms with Gasteiger partial charge in [-0.05, 0) is 30.0 Å². The average molecular weight is 183 g/mol. The van der Waals surface area contributed by atoms with E-state index in [0.717, 1.165) is 16.7 Å². The lowest BCUT2D eigenvalue weighted by Crippen LogP contribution is -1.89. The summed E-state index contributed by atoms with van der Waals surface area (Å²) in [7, 11) is 0. The number of aromatic nitrogens is 3. The predicted octanol–water partition coefficient (Wildman–Crippen LogP) is 2.19. The van der Waals surface area contributed by atoms with Gasteiger partial charge in [0.25, 0.3) is 0 Å². The van der Waals surface area contributed by atoms with Crippen molar-refractivity contribution in [1.29, 1.82) is 0 Å². The number of pyridine rings is 1. The van der Waals surface area contributed by atoms with E-state index in [4.69, 9.17) is 0 Å². The van der Waals surface area contributed by atoms with Gasteiger partial charge >= 0.3 is 0 Å². The second-order valence-electron chi connectivity index (χ2n) is 3.41. The first-order valence-corrected chi connectivity index (χ1v) is 4.54. The molecule has 0 saturated carbocycles. The van der Waals surface area contributed by atoms with Crippen LogP contribution in [0.5, 0.6) is 0 Å². The minimum Gasteiger partial charge on any atom is -0.281 e. The Labute approximate surface area is 81.0 Å². The first-order chi connectivity index (χ1) is 6.86. The molecular formula is C11H9N3. The molecule has 0 atom stereocenters.